The molecular formula is C46H27Cl3F9N2O6Sm. The first-order chi connectivity index (χ1) is 30.9. The summed E-state index contributed by atoms with van der Waals surface area (Å²) in [6.07, 6.45) is -12.0. The first kappa shape index (κ1) is 54.5. The second kappa shape index (κ2) is 22.8. The van der Waals surface area contributed by atoms with Crippen LogP contribution in [0.3, 0.4) is 0 Å². The maximum atomic E-state index is 12.2. The summed E-state index contributed by atoms with van der Waals surface area (Å²) in [4.78, 5) is 43.3. The van der Waals surface area contributed by atoms with E-state index in [2.05, 4.69) is 34.2 Å². The van der Waals surface area contributed by atoms with Gasteiger partial charge in [-0.1, -0.05) is 132 Å². The van der Waals surface area contributed by atoms with Crippen molar-refractivity contribution in [2.24, 2.45) is 0 Å². The van der Waals surface area contributed by atoms with E-state index < -0.39 is 74.2 Å². The molecule has 0 N–H and O–H groups in total. The Labute approximate surface area is 421 Å². The monoisotopic (exact) mass is 1130 g/mol. The fourth-order valence-electron chi connectivity index (χ4n) is 6.73. The molecule has 9 rings (SSSR count). The molecule has 6 aromatic rings. The van der Waals surface area contributed by atoms with Crippen LogP contribution in [0.15, 0.2) is 156 Å². The van der Waals surface area contributed by atoms with Crippen molar-refractivity contribution in [1.82, 2.24) is 9.97 Å². The molecule has 8 nitrogen and oxygen atoms in total. The molecule has 2 heterocycles. The second-order valence-electron chi connectivity index (χ2n) is 13.9. The quantitative estimate of drug-likeness (QED) is 0.0481. The molecule has 0 saturated heterocycles. The topological polar surface area (TPSA) is 146 Å². The van der Waals surface area contributed by atoms with Crippen molar-refractivity contribution in [3.63, 3.8) is 0 Å². The van der Waals surface area contributed by atoms with Gasteiger partial charge < -0.3 is 15.3 Å². The molecule has 1 radical (unpaired) electrons. The maximum Gasteiger partial charge on any atom is 3.00 e. The summed E-state index contributed by atoms with van der Waals surface area (Å²) in [6, 6.07) is 30.6. The number of aromatic nitrogens is 2. The van der Waals surface area contributed by atoms with Crippen LogP contribution in [0.1, 0.15) is 47.8 Å². The Bertz CT molecular complexity index is 2640. The second-order valence-corrected chi connectivity index (χ2v) is 15.8. The fraction of sp³-hybridized carbons (Fsp3) is 0.152. The van der Waals surface area contributed by atoms with Crippen LogP contribution in [0.2, 0.25) is 0 Å². The third-order valence-electron chi connectivity index (χ3n) is 9.65. The molecule has 3 aliphatic carbocycles. The van der Waals surface area contributed by atoms with Crippen LogP contribution >= 0.6 is 34.8 Å². The van der Waals surface area contributed by atoms with Gasteiger partial charge in [-0.15, -0.1) is 0 Å². The van der Waals surface area contributed by atoms with Crippen molar-refractivity contribution >= 4 is 74.0 Å². The number of fused-ring (bicyclic) bond motifs is 6. The molecule has 0 atom stereocenters. The normalized spacial score (nSPS) is 16.1. The summed E-state index contributed by atoms with van der Waals surface area (Å²) < 4.78 is 109. The van der Waals surface area contributed by atoms with Crippen molar-refractivity contribution < 1.29 is 110 Å². The Balaban J connectivity index is 0.000000189. The summed E-state index contributed by atoms with van der Waals surface area (Å²) in [7, 11) is 0. The van der Waals surface area contributed by atoms with E-state index in [0.29, 0.717) is 16.7 Å². The van der Waals surface area contributed by atoms with Crippen molar-refractivity contribution in [3.8, 4) is 0 Å². The van der Waals surface area contributed by atoms with E-state index in [4.69, 9.17) is 34.8 Å². The van der Waals surface area contributed by atoms with Gasteiger partial charge in [0.25, 0.3) is 0 Å². The van der Waals surface area contributed by atoms with E-state index in [1.165, 1.54) is 18.2 Å². The minimum absolute atomic E-state index is 0. The number of allylic oxidation sites excluding steroid dienone is 6. The maximum absolute atomic E-state index is 12.2. The number of Topliss-reactive ketones (excluding diaryl/α,β-unsaturated/α-hetero) is 3. The zero-order chi connectivity index (χ0) is 48.7. The van der Waals surface area contributed by atoms with Crippen LogP contribution in [-0.4, -0.2) is 50.1 Å². The molecule has 0 aliphatic heterocycles. The molecule has 0 bridgehead atoms. The van der Waals surface area contributed by atoms with E-state index in [1.54, 1.807) is 67.0 Å². The standard InChI is InChI=1S/C12H8N2.3C11H7F3O2.CHCl3.Sm/c1-3-9-5-6-10-4-2-8-14-12(10)11(9)13-7-1;3*12-11(13,14)10(16)8-5-6-3-1-2-4-7(6)9(8)15;2-1(3)4;/h1-8H;3*1-4,16H,5H2;1H;/q;;;;;+3/p-3/b;3*10-8-;;. The van der Waals surface area contributed by atoms with Gasteiger partial charge in [-0.3, -0.25) is 24.4 Å². The van der Waals surface area contributed by atoms with Crippen molar-refractivity contribution in [3.05, 3.63) is 189 Å². The SMILES string of the molecule is ClC(Cl)Cl.O=C1/C(=C(\[O-])C(F)(F)F)Cc2ccccc21.O=C1/C(=C(\[O-])C(F)(F)F)Cc2ccccc21.O=C1/C(=C(\[O-])C(F)(F)F)Cc2ccccc21.[Sm+3].c1cnc2c(c1)ccc1cccnc12. The molecule has 0 saturated carbocycles. The Hall–Kier alpha value is -5.09. The van der Waals surface area contributed by atoms with Crippen molar-refractivity contribution in [1.29, 1.82) is 0 Å². The van der Waals surface area contributed by atoms with E-state index in [9.17, 15) is 69.2 Å². The van der Waals surface area contributed by atoms with E-state index in [0.717, 1.165) is 21.8 Å². The van der Waals surface area contributed by atoms with Gasteiger partial charge in [0, 0.05) is 75.8 Å². The van der Waals surface area contributed by atoms with Gasteiger partial charge in [0.15, 0.2) is 21.6 Å². The number of halogens is 12. The van der Waals surface area contributed by atoms with Gasteiger partial charge >= 0.3 is 58.9 Å². The van der Waals surface area contributed by atoms with Gasteiger partial charge in [0.1, 0.15) is 0 Å². The minimum Gasteiger partial charge on any atom is -0.869 e. The molecule has 0 spiro atoms. The van der Waals surface area contributed by atoms with Crippen molar-refractivity contribution in [2.75, 3.05) is 0 Å². The number of rotatable bonds is 0. The molecule has 2 aromatic heterocycles. The summed E-state index contributed by atoms with van der Waals surface area (Å²) in [5.74, 6) is -8.52. The number of carbonyl (C=O) groups excluding carboxylic acids is 3. The minimum atomic E-state index is -4.98. The Morgan fingerprint density at radius 3 is 0.940 bits per heavy atom. The van der Waals surface area contributed by atoms with Gasteiger partial charge in [0.2, 0.25) is 0 Å². The summed E-state index contributed by atoms with van der Waals surface area (Å²) in [5.41, 5.74) is 1.88. The molecular weight excluding hydrogens is 1100 g/mol. The largest absolute Gasteiger partial charge is 3.00 e. The number of hydrogen-bond acceptors (Lipinski definition) is 8. The average molecular weight is 1130 g/mol. The molecule has 0 fully saturated rings. The number of alkyl halides is 12. The average Bonchev–Trinajstić information content (AvgIpc) is 3.92. The zero-order valence-electron chi connectivity index (χ0n) is 33.5. The van der Waals surface area contributed by atoms with Crippen LogP contribution in [0.25, 0.3) is 21.8 Å². The molecule has 3 aliphatic rings. The van der Waals surface area contributed by atoms with Crippen LogP contribution in [0.4, 0.5) is 39.5 Å². The number of hydrogen-bond donors (Lipinski definition) is 0. The third kappa shape index (κ3) is 13.5. The van der Waals surface area contributed by atoms with Gasteiger partial charge in [0.05, 0.1) is 11.0 Å². The van der Waals surface area contributed by atoms with Gasteiger partial charge in [-0.25, -0.2) is 0 Å². The van der Waals surface area contributed by atoms with Gasteiger partial charge in [-0.2, -0.15) is 39.5 Å². The van der Waals surface area contributed by atoms with Crippen LogP contribution in [0.5, 0.6) is 0 Å². The number of carbonyl (C=O) groups is 3. The van der Waals surface area contributed by atoms with Crippen LogP contribution < -0.4 is 15.3 Å². The summed E-state index contributed by atoms with van der Waals surface area (Å²) in [5, 5.41) is 35.2. The van der Waals surface area contributed by atoms with E-state index >= 15 is 0 Å². The molecule has 21 heteroatoms. The zero-order valence-corrected chi connectivity index (χ0v) is 38.4. The van der Waals surface area contributed by atoms with E-state index in [-0.39, 0.29) is 76.3 Å². The van der Waals surface area contributed by atoms with Crippen LogP contribution in [-0.2, 0) is 19.3 Å². The summed E-state index contributed by atoms with van der Waals surface area (Å²) in [6.45, 7) is 0. The Morgan fingerprint density at radius 1 is 0.448 bits per heavy atom. The third-order valence-corrected chi connectivity index (χ3v) is 9.65. The number of benzene rings is 4. The predicted octanol–water partition coefficient (Wildman–Crippen LogP) is 9.58. The Kier molecular flexibility index (Phi) is 18.6. The molecule has 4 aromatic carbocycles. The first-order valence-electron chi connectivity index (χ1n) is 18.7. The van der Waals surface area contributed by atoms with Crippen LogP contribution in [0, 0.1) is 40.4 Å². The molecule has 67 heavy (non-hydrogen) atoms. The predicted molar refractivity (Wildman–Crippen MR) is 221 cm³/mol. The smallest absolute Gasteiger partial charge is 0.869 e. The summed E-state index contributed by atoms with van der Waals surface area (Å²) >= 11 is 14.4. The Morgan fingerprint density at radius 2 is 0.701 bits per heavy atom. The molecule has 0 unspecified atom stereocenters. The number of nitrogens with zero attached hydrogens (tertiary/aromatic N) is 2. The number of pyridine rings is 2. The fourth-order valence-corrected chi connectivity index (χ4v) is 6.73. The number of ketones is 3. The van der Waals surface area contributed by atoms with E-state index in [1.807, 2.05) is 12.1 Å². The van der Waals surface area contributed by atoms with Crippen molar-refractivity contribution in [2.45, 2.75) is 42.1 Å². The first-order valence-corrected chi connectivity index (χ1v) is 20.0. The molecule has 0 amide bonds. The molecule has 347 valence electrons. The van der Waals surface area contributed by atoms with Gasteiger partial charge in [-0.05, 0) is 46.1 Å².